The second-order valence-electron chi connectivity index (χ2n) is 2.03. The van der Waals surface area contributed by atoms with Crippen molar-refractivity contribution in [2.45, 2.75) is 6.42 Å². The summed E-state index contributed by atoms with van der Waals surface area (Å²) >= 11 is 0. The lowest BCUT2D eigenvalue weighted by molar-refractivity contribution is -0.131. The lowest BCUT2D eigenvalue weighted by Crippen LogP contribution is -2.30. The number of carbonyl (C=O) groups excluding carboxylic acids is 2. The third kappa shape index (κ3) is 1.01. The van der Waals surface area contributed by atoms with Crippen LogP contribution in [0.3, 0.4) is 0 Å². The van der Waals surface area contributed by atoms with Crippen molar-refractivity contribution in [3.63, 3.8) is 0 Å². The minimum absolute atomic E-state index is 0.234. The summed E-state index contributed by atoms with van der Waals surface area (Å²) < 4.78 is 0. The van der Waals surface area contributed by atoms with E-state index in [-0.39, 0.29) is 5.91 Å². The van der Waals surface area contributed by atoms with E-state index >= 15 is 0 Å². The van der Waals surface area contributed by atoms with Gasteiger partial charge in [-0.25, -0.2) is 0 Å². The molecule has 0 aromatic rings. The van der Waals surface area contributed by atoms with E-state index in [1.54, 1.807) is 0 Å². The van der Waals surface area contributed by atoms with Gasteiger partial charge in [0.1, 0.15) is 5.92 Å². The molecule has 3 N–H and O–H groups in total. The Morgan fingerprint density at radius 1 is 1.78 bits per heavy atom. The highest BCUT2D eigenvalue weighted by atomic mass is 16.2. The van der Waals surface area contributed by atoms with Gasteiger partial charge in [-0.05, 0) is 6.42 Å². The van der Waals surface area contributed by atoms with Gasteiger partial charge in [0.15, 0.2) is 0 Å². The summed E-state index contributed by atoms with van der Waals surface area (Å²) in [5.41, 5.74) is 4.89. The van der Waals surface area contributed by atoms with Gasteiger partial charge in [0.05, 0.1) is 0 Å². The fraction of sp³-hybridized carbons (Fsp3) is 0.600. The average molecular weight is 128 g/mol. The van der Waals surface area contributed by atoms with Gasteiger partial charge in [0.2, 0.25) is 11.8 Å². The van der Waals surface area contributed by atoms with Crippen molar-refractivity contribution in [1.29, 1.82) is 0 Å². The van der Waals surface area contributed by atoms with Gasteiger partial charge < -0.3 is 11.1 Å². The lowest BCUT2D eigenvalue weighted by atomic mass is 10.1. The van der Waals surface area contributed by atoms with Crippen molar-refractivity contribution < 1.29 is 9.59 Å². The fourth-order valence-corrected chi connectivity index (χ4v) is 0.865. The maximum absolute atomic E-state index is 10.6. The van der Waals surface area contributed by atoms with Crippen molar-refractivity contribution in [3.8, 4) is 0 Å². The van der Waals surface area contributed by atoms with Crippen molar-refractivity contribution in [2.75, 3.05) is 6.54 Å². The standard InChI is InChI=1S/C5H8N2O2/c6-4(8)3-1-2-7-5(3)9/h3H,1-2H2,(H2,6,8)(H,7,9)/t3-/m0/s1. The van der Waals surface area contributed by atoms with E-state index in [0.29, 0.717) is 13.0 Å². The first-order valence-corrected chi connectivity index (χ1v) is 2.79. The molecule has 0 radical (unpaired) electrons. The van der Waals surface area contributed by atoms with E-state index in [1.165, 1.54) is 0 Å². The maximum Gasteiger partial charge on any atom is 0.232 e. The summed E-state index contributed by atoms with van der Waals surface area (Å²) in [4.78, 5) is 21.0. The van der Waals surface area contributed by atoms with E-state index in [1.807, 2.05) is 0 Å². The molecule has 1 aliphatic rings. The first kappa shape index (κ1) is 6.07. The molecular formula is C5H8N2O2. The number of nitrogens with one attached hydrogen (secondary N) is 1. The molecule has 0 aromatic heterocycles. The highest BCUT2D eigenvalue weighted by Crippen LogP contribution is 2.06. The minimum Gasteiger partial charge on any atom is -0.369 e. The minimum atomic E-state index is -0.579. The number of carbonyl (C=O) groups is 2. The molecule has 2 amide bonds. The Kier molecular flexibility index (Phi) is 1.38. The molecule has 1 atom stereocenters. The third-order valence-electron chi connectivity index (χ3n) is 1.39. The van der Waals surface area contributed by atoms with Crippen LogP contribution in [0.4, 0.5) is 0 Å². The third-order valence-corrected chi connectivity index (χ3v) is 1.39. The Labute approximate surface area is 52.4 Å². The molecule has 1 saturated heterocycles. The zero-order chi connectivity index (χ0) is 6.85. The van der Waals surface area contributed by atoms with Gasteiger partial charge in [-0.1, -0.05) is 0 Å². The number of rotatable bonds is 1. The van der Waals surface area contributed by atoms with E-state index in [0.717, 1.165) is 0 Å². The van der Waals surface area contributed by atoms with E-state index in [4.69, 9.17) is 5.73 Å². The van der Waals surface area contributed by atoms with Crippen molar-refractivity contribution in [1.82, 2.24) is 5.32 Å². The van der Waals surface area contributed by atoms with Gasteiger partial charge in [-0.2, -0.15) is 0 Å². The van der Waals surface area contributed by atoms with Crippen LogP contribution in [0.25, 0.3) is 0 Å². The van der Waals surface area contributed by atoms with Crippen LogP contribution < -0.4 is 11.1 Å². The van der Waals surface area contributed by atoms with Gasteiger partial charge in [-0.15, -0.1) is 0 Å². The van der Waals surface area contributed by atoms with Crippen LogP contribution in [0.1, 0.15) is 6.42 Å². The molecule has 0 aliphatic carbocycles. The highest BCUT2D eigenvalue weighted by Gasteiger charge is 2.28. The first-order valence-electron chi connectivity index (χ1n) is 2.79. The number of nitrogens with two attached hydrogens (primary N) is 1. The SMILES string of the molecule is NC(=O)[C@@H]1CCNC1=O. The summed E-state index contributed by atoms with van der Waals surface area (Å²) in [5, 5.41) is 2.51. The molecule has 1 heterocycles. The lowest BCUT2D eigenvalue weighted by Gasteiger charge is -1.96. The quantitative estimate of drug-likeness (QED) is 0.427. The Balaban J connectivity index is 2.60. The van der Waals surface area contributed by atoms with Crippen molar-refractivity contribution in [3.05, 3.63) is 0 Å². The summed E-state index contributed by atoms with van der Waals surface area (Å²) in [6, 6.07) is 0. The number of amides is 2. The van der Waals surface area contributed by atoms with E-state index < -0.39 is 11.8 Å². The van der Waals surface area contributed by atoms with Crippen LogP contribution >= 0.6 is 0 Å². The van der Waals surface area contributed by atoms with Crippen LogP contribution in [0, 0.1) is 5.92 Å². The van der Waals surface area contributed by atoms with E-state index in [9.17, 15) is 9.59 Å². The molecule has 1 fully saturated rings. The van der Waals surface area contributed by atoms with Crippen LogP contribution in [-0.4, -0.2) is 18.4 Å². The summed E-state index contributed by atoms with van der Waals surface area (Å²) in [6.07, 6.45) is 0.550. The van der Waals surface area contributed by atoms with Gasteiger partial charge in [-0.3, -0.25) is 9.59 Å². The van der Waals surface area contributed by atoms with Crippen LogP contribution in [0.5, 0.6) is 0 Å². The monoisotopic (exact) mass is 128 g/mol. The van der Waals surface area contributed by atoms with Crippen LogP contribution in [0.15, 0.2) is 0 Å². The molecule has 9 heavy (non-hydrogen) atoms. The summed E-state index contributed by atoms with van der Waals surface area (Å²) in [6.45, 7) is 0.576. The fourth-order valence-electron chi connectivity index (χ4n) is 0.865. The molecule has 4 heteroatoms. The average Bonchev–Trinajstić information content (AvgIpc) is 2.13. The number of primary amides is 1. The van der Waals surface area contributed by atoms with Crippen LogP contribution in [0.2, 0.25) is 0 Å². The molecule has 0 bridgehead atoms. The van der Waals surface area contributed by atoms with Gasteiger partial charge >= 0.3 is 0 Å². The number of hydrogen-bond acceptors (Lipinski definition) is 2. The second-order valence-corrected chi connectivity index (χ2v) is 2.03. The number of hydrogen-bond donors (Lipinski definition) is 2. The van der Waals surface area contributed by atoms with Gasteiger partial charge in [0.25, 0.3) is 0 Å². The molecule has 1 aliphatic heterocycles. The molecule has 0 saturated carbocycles. The zero-order valence-corrected chi connectivity index (χ0v) is 4.89. The summed E-state index contributed by atoms with van der Waals surface area (Å²) in [5.74, 6) is -1.34. The Bertz CT molecular complexity index is 155. The highest BCUT2D eigenvalue weighted by molar-refractivity contribution is 6.00. The van der Waals surface area contributed by atoms with Gasteiger partial charge in [0, 0.05) is 6.54 Å². The topological polar surface area (TPSA) is 72.2 Å². The smallest absolute Gasteiger partial charge is 0.232 e. The van der Waals surface area contributed by atoms with Crippen LogP contribution in [-0.2, 0) is 9.59 Å². The molecule has 0 spiro atoms. The second kappa shape index (κ2) is 2.05. The Morgan fingerprint density at radius 3 is 2.67 bits per heavy atom. The van der Waals surface area contributed by atoms with Crippen molar-refractivity contribution >= 4 is 11.8 Å². The first-order chi connectivity index (χ1) is 4.22. The molecular weight excluding hydrogens is 120 g/mol. The zero-order valence-electron chi connectivity index (χ0n) is 4.89. The normalized spacial score (nSPS) is 25.8. The molecule has 0 aromatic carbocycles. The molecule has 50 valence electrons. The van der Waals surface area contributed by atoms with E-state index in [2.05, 4.69) is 5.32 Å². The Morgan fingerprint density at radius 2 is 2.44 bits per heavy atom. The summed E-state index contributed by atoms with van der Waals surface area (Å²) in [7, 11) is 0. The predicted molar refractivity (Wildman–Crippen MR) is 30.3 cm³/mol. The molecule has 4 nitrogen and oxygen atoms in total. The molecule has 0 unspecified atom stereocenters. The largest absolute Gasteiger partial charge is 0.369 e. The molecule has 1 rings (SSSR count). The van der Waals surface area contributed by atoms with Crippen molar-refractivity contribution in [2.24, 2.45) is 11.7 Å². The maximum atomic E-state index is 10.6. The Hall–Kier alpha value is -1.06. The predicted octanol–water partition coefficient (Wildman–Crippen LogP) is -1.39.